The number of nitrogens with zero attached hydrogens (tertiary/aromatic N) is 1. The van der Waals surface area contributed by atoms with E-state index in [4.69, 9.17) is 11.6 Å². The molecule has 1 saturated heterocycles. The summed E-state index contributed by atoms with van der Waals surface area (Å²) in [5.41, 5.74) is 0.917. The lowest BCUT2D eigenvalue weighted by atomic mass is 10.2. The molecule has 2 N–H and O–H groups in total. The highest BCUT2D eigenvalue weighted by Crippen LogP contribution is 2.11. The van der Waals surface area contributed by atoms with Crippen LogP contribution in [0.1, 0.15) is 24.8 Å². The third-order valence-corrected chi connectivity index (χ3v) is 3.64. The van der Waals surface area contributed by atoms with Gasteiger partial charge in [-0.3, -0.25) is 4.79 Å². The van der Waals surface area contributed by atoms with Gasteiger partial charge in [-0.15, -0.1) is 0 Å². The summed E-state index contributed by atoms with van der Waals surface area (Å²) in [6, 6.07) is 7.09. The van der Waals surface area contributed by atoms with Crippen molar-refractivity contribution in [3.8, 4) is 0 Å². The Hall–Kier alpha value is -2.01. The van der Waals surface area contributed by atoms with Crippen molar-refractivity contribution in [2.45, 2.75) is 19.3 Å². The molecule has 1 aromatic carbocycles. The highest BCUT2D eigenvalue weighted by atomic mass is 35.5. The number of amides is 3. The number of hydrogen-bond donors (Lipinski definition) is 2. The molecular weight excluding hydrogens is 302 g/mol. The van der Waals surface area contributed by atoms with Crippen LogP contribution in [0, 0.1) is 0 Å². The standard InChI is InChI=1S/C16H20ClN3O2/c17-14-5-1-4-13(12-14)7-9-19-16(22)18-8-3-11-20-10-2-6-15(20)21/h1,4-5,7,9,12H,2-3,6,8,10-11H2,(H2,18,19,22)/b9-7+. The summed E-state index contributed by atoms with van der Waals surface area (Å²) in [5.74, 6) is 0.217. The monoisotopic (exact) mass is 321 g/mol. The van der Waals surface area contributed by atoms with Gasteiger partial charge in [-0.1, -0.05) is 23.7 Å². The van der Waals surface area contributed by atoms with Crippen LogP contribution in [0.15, 0.2) is 30.5 Å². The number of likely N-dealkylation sites (tertiary alicyclic amines) is 1. The Bertz CT molecular complexity index is 560. The Morgan fingerprint density at radius 2 is 2.27 bits per heavy atom. The number of carbonyl (C=O) groups is 2. The summed E-state index contributed by atoms with van der Waals surface area (Å²) in [5, 5.41) is 6.04. The zero-order chi connectivity index (χ0) is 15.8. The molecule has 5 nitrogen and oxygen atoms in total. The lowest BCUT2D eigenvalue weighted by Crippen LogP contribution is -2.35. The maximum Gasteiger partial charge on any atom is 0.318 e. The van der Waals surface area contributed by atoms with Crippen molar-refractivity contribution < 1.29 is 9.59 Å². The highest BCUT2D eigenvalue weighted by molar-refractivity contribution is 6.30. The van der Waals surface area contributed by atoms with Crippen molar-refractivity contribution in [3.63, 3.8) is 0 Å². The van der Waals surface area contributed by atoms with Gasteiger partial charge in [-0.2, -0.15) is 0 Å². The van der Waals surface area contributed by atoms with Crippen molar-refractivity contribution in [3.05, 3.63) is 41.1 Å². The van der Waals surface area contributed by atoms with Gasteiger partial charge in [0.1, 0.15) is 0 Å². The van der Waals surface area contributed by atoms with Gasteiger partial charge in [0.15, 0.2) is 0 Å². The summed E-state index contributed by atoms with van der Waals surface area (Å²) in [7, 11) is 0. The number of hydrogen-bond acceptors (Lipinski definition) is 2. The van der Waals surface area contributed by atoms with E-state index in [2.05, 4.69) is 10.6 Å². The fourth-order valence-corrected chi connectivity index (χ4v) is 2.49. The molecule has 0 radical (unpaired) electrons. The molecule has 1 fully saturated rings. The second-order valence-corrected chi connectivity index (χ2v) is 5.56. The van der Waals surface area contributed by atoms with Crippen LogP contribution in [0.25, 0.3) is 6.08 Å². The molecule has 6 heteroatoms. The Kier molecular flexibility index (Phi) is 6.27. The first-order valence-corrected chi connectivity index (χ1v) is 7.77. The predicted octanol–water partition coefficient (Wildman–Crippen LogP) is 2.62. The van der Waals surface area contributed by atoms with Crippen molar-refractivity contribution in [2.24, 2.45) is 0 Å². The van der Waals surface area contributed by atoms with Crippen LogP contribution in [0.4, 0.5) is 4.79 Å². The number of nitrogens with one attached hydrogen (secondary N) is 2. The van der Waals surface area contributed by atoms with E-state index < -0.39 is 0 Å². The largest absolute Gasteiger partial charge is 0.343 e. The first kappa shape index (κ1) is 16.4. The minimum atomic E-state index is -0.258. The molecule has 22 heavy (non-hydrogen) atoms. The molecule has 2 rings (SSSR count). The Morgan fingerprint density at radius 3 is 3.00 bits per heavy atom. The average molecular weight is 322 g/mol. The molecule has 0 aromatic heterocycles. The topological polar surface area (TPSA) is 61.4 Å². The van der Waals surface area contributed by atoms with Crippen molar-refractivity contribution >= 4 is 29.6 Å². The maximum absolute atomic E-state index is 11.6. The van der Waals surface area contributed by atoms with E-state index in [1.165, 1.54) is 0 Å². The molecule has 0 atom stereocenters. The van der Waals surface area contributed by atoms with Gasteiger partial charge < -0.3 is 15.5 Å². The second-order valence-electron chi connectivity index (χ2n) is 5.13. The van der Waals surface area contributed by atoms with Crippen LogP contribution in [0.3, 0.4) is 0 Å². The lowest BCUT2D eigenvalue weighted by molar-refractivity contribution is -0.127. The first-order valence-electron chi connectivity index (χ1n) is 7.39. The number of urea groups is 1. The Morgan fingerprint density at radius 1 is 1.41 bits per heavy atom. The van der Waals surface area contributed by atoms with Crippen molar-refractivity contribution in [1.29, 1.82) is 0 Å². The van der Waals surface area contributed by atoms with E-state index >= 15 is 0 Å². The van der Waals surface area contributed by atoms with Gasteiger partial charge in [0, 0.05) is 37.3 Å². The summed E-state index contributed by atoms with van der Waals surface area (Å²) in [6.07, 6.45) is 5.71. The van der Waals surface area contributed by atoms with Crippen molar-refractivity contribution in [2.75, 3.05) is 19.6 Å². The van der Waals surface area contributed by atoms with Gasteiger partial charge in [0.2, 0.25) is 5.91 Å². The zero-order valence-electron chi connectivity index (χ0n) is 12.3. The molecule has 1 aliphatic rings. The Labute approximate surface area is 135 Å². The maximum atomic E-state index is 11.6. The molecule has 1 aliphatic heterocycles. The van der Waals surface area contributed by atoms with E-state index in [0.717, 1.165) is 24.9 Å². The molecule has 1 aromatic rings. The SMILES string of the molecule is O=C(N/C=C/c1cccc(Cl)c1)NCCCN1CCCC1=O. The molecule has 3 amide bonds. The van der Waals surface area contributed by atoms with Crippen LogP contribution in [-0.2, 0) is 4.79 Å². The first-order chi connectivity index (χ1) is 10.6. The minimum absolute atomic E-state index is 0.217. The lowest BCUT2D eigenvalue weighted by Gasteiger charge is -2.15. The van der Waals surface area contributed by atoms with E-state index in [-0.39, 0.29) is 11.9 Å². The fraction of sp³-hybridized carbons (Fsp3) is 0.375. The van der Waals surface area contributed by atoms with E-state index in [9.17, 15) is 9.59 Å². The summed E-state index contributed by atoms with van der Waals surface area (Å²) < 4.78 is 0. The predicted molar refractivity (Wildman–Crippen MR) is 87.5 cm³/mol. The molecule has 0 bridgehead atoms. The van der Waals surface area contributed by atoms with Gasteiger partial charge in [-0.05, 0) is 36.6 Å². The normalized spacial score (nSPS) is 14.6. The van der Waals surface area contributed by atoms with Crippen LogP contribution in [-0.4, -0.2) is 36.5 Å². The van der Waals surface area contributed by atoms with Crippen LogP contribution in [0.5, 0.6) is 0 Å². The summed E-state index contributed by atoms with van der Waals surface area (Å²) in [6.45, 7) is 2.09. The molecule has 1 heterocycles. The van der Waals surface area contributed by atoms with E-state index in [1.54, 1.807) is 18.3 Å². The molecular formula is C16H20ClN3O2. The van der Waals surface area contributed by atoms with Gasteiger partial charge in [0.05, 0.1) is 0 Å². The molecule has 118 valence electrons. The number of carbonyl (C=O) groups excluding carboxylic acids is 2. The van der Waals surface area contributed by atoms with Crippen LogP contribution >= 0.6 is 11.6 Å². The fourth-order valence-electron chi connectivity index (χ4n) is 2.29. The second kappa shape index (κ2) is 8.44. The smallest absolute Gasteiger partial charge is 0.318 e. The Balaban J connectivity index is 1.60. The average Bonchev–Trinajstić information content (AvgIpc) is 2.89. The minimum Gasteiger partial charge on any atom is -0.343 e. The summed E-state index contributed by atoms with van der Waals surface area (Å²) in [4.78, 5) is 24.8. The number of rotatable bonds is 6. The number of halogens is 1. The third-order valence-electron chi connectivity index (χ3n) is 3.40. The molecule has 0 aliphatic carbocycles. The van der Waals surface area contributed by atoms with Gasteiger partial charge >= 0.3 is 6.03 Å². The highest BCUT2D eigenvalue weighted by Gasteiger charge is 2.18. The zero-order valence-corrected chi connectivity index (χ0v) is 13.1. The van der Waals surface area contributed by atoms with E-state index in [0.29, 0.717) is 24.5 Å². The molecule has 0 saturated carbocycles. The quantitative estimate of drug-likeness (QED) is 0.791. The number of benzene rings is 1. The van der Waals surface area contributed by atoms with Gasteiger partial charge in [-0.25, -0.2) is 4.79 Å². The van der Waals surface area contributed by atoms with Crippen molar-refractivity contribution in [1.82, 2.24) is 15.5 Å². The van der Waals surface area contributed by atoms with E-state index in [1.807, 2.05) is 23.1 Å². The molecule has 0 spiro atoms. The van der Waals surface area contributed by atoms with Crippen LogP contribution in [0.2, 0.25) is 5.02 Å². The summed E-state index contributed by atoms with van der Waals surface area (Å²) >= 11 is 5.87. The molecule has 0 unspecified atom stereocenters. The van der Waals surface area contributed by atoms with Crippen LogP contribution < -0.4 is 10.6 Å². The van der Waals surface area contributed by atoms with Gasteiger partial charge in [0.25, 0.3) is 0 Å². The third kappa shape index (κ3) is 5.41.